The molecule has 0 atom stereocenters. The third kappa shape index (κ3) is 3.11. The van der Waals surface area contributed by atoms with Gasteiger partial charge in [-0.25, -0.2) is 13.6 Å². The van der Waals surface area contributed by atoms with E-state index in [1.807, 2.05) is 36.4 Å². The van der Waals surface area contributed by atoms with Gasteiger partial charge in [0, 0.05) is 11.1 Å². The number of benzene rings is 4. The van der Waals surface area contributed by atoms with Crippen LogP contribution in [0.3, 0.4) is 0 Å². The number of hydrogen-bond donors (Lipinski definition) is 0. The van der Waals surface area contributed by atoms with Crippen LogP contribution in [0, 0.1) is 29.5 Å². The third-order valence-electron chi connectivity index (χ3n) is 4.92. The number of rotatable bonds is 3. The van der Waals surface area contributed by atoms with Crippen molar-refractivity contribution in [3.05, 3.63) is 114 Å². The summed E-state index contributed by atoms with van der Waals surface area (Å²) in [5.74, 6) is -1.93. The van der Waals surface area contributed by atoms with Gasteiger partial charge in [-0.15, -0.1) is 0 Å². The summed E-state index contributed by atoms with van der Waals surface area (Å²) in [6.07, 6.45) is 0. The minimum atomic E-state index is -0.967. The largest absolute Gasteiger partial charge is 0.234 e. The van der Waals surface area contributed by atoms with E-state index < -0.39 is 11.6 Å². The maximum Gasteiger partial charge on any atom is 0.231 e. The molecule has 30 heavy (non-hydrogen) atoms. The molecule has 0 aliphatic carbocycles. The Kier molecular flexibility index (Phi) is 5.08. The summed E-state index contributed by atoms with van der Waals surface area (Å²) in [4.78, 5) is 3.37. The molecule has 0 spiro atoms. The van der Waals surface area contributed by atoms with Gasteiger partial charge in [-0.3, -0.25) is 0 Å². The van der Waals surface area contributed by atoms with Gasteiger partial charge in [0.05, 0.1) is 12.1 Å². The smallest absolute Gasteiger partial charge is 0.231 e. The first-order chi connectivity index (χ1) is 14.7. The molecule has 4 aromatic carbocycles. The highest BCUT2D eigenvalue weighted by atomic mass is 19.1. The minimum absolute atomic E-state index is 0.0263. The van der Waals surface area contributed by atoms with Crippen LogP contribution in [0.5, 0.6) is 0 Å². The first kappa shape index (κ1) is 19.1. The topological polar surface area (TPSA) is 28.1 Å². The van der Waals surface area contributed by atoms with Gasteiger partial charge < -0.3 is 0 Å². The zero-order chi connectivity index (χ0) is 21.1. The SMILES string of the molecule is [C-]#[N+]c1c(F)c(-c2ccccc2)c(F)c(C#N)c1-c1ccccc1-c1ccccc1. The molecule has 0 unspecified atom stereocenters. The molecule has 0 radical (unpaired) electrons. The summed E-state index contributed by atoms with van der Waals surface area (Å²) in [5.41, 5.74) is 1.12. The lowest BCUT2D eigenvalue weighted by atomic mass is 9.88. The van der Waals surface area contributed by atoms with Crippen LogP contribution >= 0.6 is 0 Å². The molecule has 0 aromatic heterocycles. The second kappa shape index (κ2) is 7.99. The van der Waals surface area contributed by atoms with Crippen LogP contribution in [0.2, 0.25) is 0 Å². The zero-order valence-electron chi connectivity index (χ0n) is 15.7. The molecule has 0 aliphatic rings. The highest BCUT2D eigenvalue weighted by Crippen LogP contribution is 2.45. The van der Waals surface area contributed by atoms with E-state index in [9.17, 15) is 5.26 Å². The average molecular weight is 392 g/mol. The van der Waals surface area contributed by atoms with E-state index in [4.69, 9.17) is 6.57 Å². The van der Waals surface area contributed by atoms with Crippen molar-refractivity contribution in [3.8, 4) is 39.4 Å². The van der Waals surface area contributed by atoms with Crippen molar-refractivity contribution in [2.24, 2.45) is 0 Å². The number of hydrogen-bond acceptors (Lipinski definition) is 1. The van der Waals surface area contributed by atoms with Crippen LogP contribution in [0.15, 0.2) is 84.9 Å². The standard InChI is InChI=1S/C26H14F2N2/c1-30-26-23(20-15-9-8-14-19(20)17-10-4-2-5-11-17)21(16-29)24(27)22(25(26)28)18-12-6-3-7-13-18/h2-15H. The quantitative estimate of drug-likeness (QED) is 0.334. The van der Waals surface area contributed by atoms with Gasteiger partial charge in [0.1, 0.15) is 17.7 Å². The molecular formula is C26H14F2N2. The van der Waals surface area contributed by atoms with Crippen molar-refractivity contribution in [2.75, 3.05) is 0 Å². The molecule has 0 saturated carbocycles. The lowest BCUT2D eigenvalue weighted by Gasteiger charge is -2.17. The Morgan fingerprint density at radius 2 is 1.20 bits per heavy atom. The number of nitriles is 1. The fourth-order valence-corrected chi connectivity index (χ4v) is 3.58. The van der Waals surface area contributed by atoms with Crippen molar-refractivity contribution in [1.29, 1.82) is 5.26 Å². The molecule has 2 nitrogen and oxygen atoms in total. The Balaban J connectivity index is 2.10. The zero-order valence-corrected chi connectivity index (χ0v) is 15.7. The van der Waals surface area contributed by atoms with Gasteiger partial charge in [0.2, 0.25) is 5.69 Å². The van der Waals surface area contributed by atoms with Crippen LogP contribution < -0.4 is 0 Å². The Morgan fingerprint density at radius 3 is 1.77 bits per heavy atom. The van der Waals surface area contributed by atoms with E-state index in [0.717, 1.165) is 5.56 Å². The minimum Gasteiger partial charge on any atom is -0.234 e. The molecule has 4 rings (SSSR count). The van der Waals surface area contributed by atoms with E-state index in [0.29, 0.717) is 11.1 Å². The maximum atomic E-state index is 15.5. The van der Waals surface area contributed by atoms with E-state index in [1.54, 1.807) is 54.6 Å². The van der Waals surface area contributed by atoms with E-state index in [-0.39, 0.29) is 27.9 Å². The molecule has 0 amide bonds. The average Bonchev–Trinajstić information content (AvgIpc) is 2.80. The normalized spacial score (nSPS) is 10.3. The van der Waals surface area contributed by atoms with Gasteiger partial charge >= 0.3 is 0 Å². The van der Waals surface area contributed by atoms with Crippen LogP contribution in [0.25, 0.3) is 38.2 Å². The molecule has 0 heterocycles. The summed E-state index contributed by atoms with van der Waals surface area (Å²) in [6.45, 7) is 7.60. The fraction of sp³-hybridized carbons (Fsp3) is 0. The van der Waals surface area contributed by atoms with Crippen LogP contribution in [0.4, 0.5) is 14.5 Å². The van der Waals surface area contributed by atoms with Gasteiger partial charge in [-0.05, 0) is 22.3 Å². The van der Waals surface area contributed by atoms with Gasteiger partial charge in [-0.1, -0.05) is 84.9 Å². The maximum absolute atomic E-state index is 15.5. The molecular weight excluding hydrogens is 378 g/mol. The third-order valence-corrected chi connectivity index (χ3v) is 4.92. The molecule has 0 fully saturated rings. The molecule has 0 aliphatic heterocycles. The predicted octanol–water partition coefficient (Wildman–Crippen LogP) is 7.39. The first-order valence-electron chi connectivity index (χ1n) is 9.20. The number of halogens is 2. The molecule has 0 bridgehead atoms. The van der Waals surface area contributed by atoms with E-state index >= 15 is 8.78 Å². The Bertz CT molecular complexity index is 1270. The highest BCUT2D eigenvalue weighted by Gasteiger charge is 2.27. The van der Waals surface area contributed by atoms with Gasteiger partial charge in [-0.2, -0.15) is 5.26 Å². The van der Waals surface area contributed by atoms with Crippen LogP contribution in [-0.4, -0.2) is 0 Å². The summed E-state index contributed by atoms with van der Waals surface area (Å²) >= 11 is 0. The Hall–Kier alpha value is -4.28. The van der Waals surface area contributed by atoms with Gasteiger partial charge in [0.25, 0.3) is 0 Å². The van der Waals surface area contributed by atoms with Crippen LogP contribution in [-0.2, 0) is 0 Å². The summed E-state index contributed by atoms with van der Waals surface area (Å²) in [6, 6.07) is 26.3. The van der Waals surface area contributed by atoms with Crippen LogP contribution in [0.1, 0.15) is 5.56 Å². The van der Waals surface area contributed by atoms with Crippen molar-refractivity contribution >= 4 is 5.69 Å². The fourth-order valence-electron chi connectivity index (χ4n) is 3.58. The second-order valence-electron chi connectivity index (χ2n) is 6.60. The Morgan fingerprint density at radius 1 is 0.667 bits per heavy atom. The van der Waals surface area contributed by atoms with Crippen molar-refractivity contribution in [2.45, 2.75) is 0 Å². The molecule has 4 heteroatoms. The van der Waals surface area contributed by atoms with Gasteiger partial charge in [0.15, 0.2) is 0 Å². The summed E-state index contributed by atoms with van der Waals surface area (Å²) in [5, 5.41) is 9.79. The lowest BCUT2D eigenvalue weighted by Crippen LogP contribution is -2.00. The predicted molar refractivity (Wildman–Crippen MR) is 114 cm³/mol. The van der Waals surface area contributed by atoms with E-state index in [1.165, 1.54) is 0 Å². The second-order valence-corrected chi connectivity index (χ2v) is 6.60. The Labute approximate surface area is 173 Å². The molecule has 142 valence electrons. The summed E-state index contributed by atoms with van der Waals surface area (Å²) < 4.78 is 30.9. The first-order valence-corrected chi connectivity index (χ1v) is 9.20. The van der Waals surface area contributed by atoms with Crippen molar-refractivity contribution in [3.63, 3.8) is 0 Å². The summed E-state index contributed by atoms with van der Waals surface area (Å²) in [7, 11) is 0. The van der Waals surface area contributed by atoms with E-state index in [2.05, 4.69) is 4.85 Å². The van der Waals surface area contributed by atoms with Crippen molar-refractivity contribution < 1.29 is 8.78 Å². The molecule has 0 saturated heterocycles. The van der Waals surface area contributed by atoms with Crippen molar-refractivity contribution in [1.82, 2.24) is 0 Å². The lowest BCUT2D eigenvalue weighted by molar-refractivity contribution is 0.591. The monoisotopic (exact) mass is 392 g/mol. The molecule has 4 aromatic rings. The molecule has 0 N–H and O–H groups in total. The highest BCUT2D eigenvalue weighted by molar-refractivity contribution is 5.95. The number of nitrogens with zero attached hydrogens (tertiary/aromatic N) is 2.